The van der Waals surface area contributed by atoms with Crippen molar-refractivity contribution >= 4 is 17.2 Å². The Balaban J connectivity index is 2.12. The quantitative estimate of drug-likeness (QED) is 0.853. The SMILES string of the molecule is CCC(NC(=O)c1cccc(C#CCO)c1)c1cccs1. The maximum atomic E-state index is 12.3. The van der Waals surface area contributed by atoms with Gasteiger partial charge in [-0.1, -0.05) is 30.9 Å². The second kappa shape index (κ2) is 7.63. The van der Waals surface area contributed by atoms with E-state index in [1.807, 2.05) is 30.5 Å². The van der Waals surface area contributed by atoms with Crippen LogP contribution in [0.15, 0.2) is 41.8 Å². The molecule has 0 fully saturated rings. The molecule has 0 aliphatic rings. The number of thiophene rings is 1. The molecule has 2 N–H and O–H groups in total. The molecule has 21 heavy (non-hydrogen) atoms. The fraction of sp³-hybridized carbons (Fsp3) is 0.235. The maximum Gasteiger partial charge on any atom is 0.251 e. The molecule has 1 heterocycles. The topological polar surface area (TPSA) is 49.3 Å². The van der Waals surface area contributed by atoms with Crippen molar-refractivity contribution in [3.05, 3.63) is 57.8 Å². The summed E-state index contributed by atoms with van der Waals surface area (Å²) in [6.07, 6.45) is 0.844. The summed E-state index contributed by atoms with van der Waals surface area (Å²) in [4.78, 5) is 13.5. The van der Waals surface area contributed by atoms with Gasteiger partial charge in [0.1, 0.15) is 6.61 Å². The number of nitrogens with one attached hydrogen (secondary N) is 1. The molecule has 0 aliphatic carbocycles. The van der Waals surface area contributed by atoms with Crippen LogP contribution in [0, 0.1) is 11.8 Å². The molecule has 0 bridgehead atoms. The number of hydrogen-bond donors (Lipinski definition) is 2. The number of aliphatic hydroxyl groups excluding tert-OH is 1. The molecular weight excluding hydrogens is 282 g/mol. The zero-order chi connectivity index (χ0) is 15.1. The Bertz CT molecular complexity index is 653. The number of benzene rings is 1. The molecule has 1 unspecified atom stereocenters. The van der Waals surface area contributed by atoms with Gasteiger partial charge in [-0.2, -0.15) is 0 Å². The summed E-state index contributed by atoms with van der Waals surface area (Å²) < 4.78 is 0. The van der Waals surface area contributed by atoms with E-state index in [1.165, 1.54) is 0 Å². The van der Waals surface area contributed by atoms with E-state index >= 15 is 0 Å². The average Bonchev–Trinajstić information content (AvgIpc) is 3.04. The van der Waals surface area contributed by atoms with E-state index in [0.717, 1.165) is 16.9 Å². The first kappa shape index (κ1) is 15.3. The monoisotopic (exact) mass is 299 g/mol. The van der Waals surface area contributed by atoms with Crippen LogP contribution in [0.2, 0.25) is 0 Å². The summed E-state index contributed by atoms with van der Waals surface area (Å²) in [7, 11) is 0. The van der Waals surface area contributed by atoms with Crippen molar-refractivity contribution in [1.82, 2.24) is 5.32 Å². The van der Waals surface area contributed by atoms with E-state index in [0.29, 0.717) is 5.56 Å². The highest BCUT2D eigenvalue weighted by Gasteiger charge is 2.14. The van der Waals surface area contributed by atoms with Crippen LogP contribution in [0.5, 0.6) is 0 Å². The first-order chi connectivity index (χ1) is 10.2. The highest BCUT2D eigenvalue weighted by atomic mass is 32.1. The third kappa shape index (κ3) is 4.19. The van der Waals surface area contributed by atoms with Gasteiger partial charge in [0.15, 0.2) is 0 Å². The van der Waals surface area contributed by atoms with Gasteiger partial charge in [-0.05, 0) is 36.1 Å². The molecule has 0 saturated carbocycles. The van der Waals surface area contributed by atoms with Crippen LogP contribution in [0.1, 0.15) is 40.2 Å². The zero-order valence-corrected chi connectivity index (χ0v) is 12.6. The number of rotatable bonds is 4. The molecule has 1 atom stereocenters. The second-order valence-electron chi connectivity index (χ2n) is 4.49. The normalized spacial score (nSPS) is 11.3. The highest BCUT2D eigenvalue weighted by Crippen LogP contribution is 2.22. The van der Waals surface area contributed by atoms with Gasteiger partial charge in [0.2, 0.25) is 0 Å². The minimum Gasteiger partial charge on any atom is -0.384 e. The van der Waals surface area contributed by atoms with Crippen molar-refractivity contribution in [3.63, 3.8) is 0 Å². The standard InChI is InChI=1S/C17H17NO2S/c1-2-15(16-9-5-11-21-16)18-17(20)14-8-3-6-13(12-14)7-4-10-19/h3,5-6,8-9,11-12,15,19H,2,10H2,1H3,(H,18,20). The number of carbonyl (C=O) groups excluding carboxylic acids is 1. The Morgan fingerprint density at radius 3 is 2.90 bits per heavy atom. The molecule has 0 radical (unpaired) electrons. The molecule has 0 spiro atoms. The summed E-state index contributed by atoms with van der Waals surface area (Å²) >= 11 is 1.64. The van der Waals surface area contributed by atoms with Crippen LogP contribution in [-0.4, -0.2) is 17.6 Å². The summed E-state index contributed by atoms with van der Waals surface area (Å²) in [6, 6.07) is 11.2. The molecule has 1 amide bonds. The van der Waals surface area contributed by atoms with Crippen molar-refractivity contribution in [1.29, 1.82) is 0 Å². The van der Waals surface area contributed by atoms with Crippen LogP contribution in [-0.2, 0) is 0 Å². The fourth-order valence-corrected chi connectivity index (χ4v) is 2.85. The third-order valence-electron chi connectivity index (χ3n) is 3.04. The summed E-state index contributed by atoms with van der Waals surface area (Å²) in [6.45, 7) is 1.86. The predicted molar refractivity (Wildman–Crippen MR) is 85.2 cm³/mol. The summed E-state index contributed by atoms with van der Waals surface area (Å²) in [5, 5.41) is 13.8. The molecular formula is C17H17NO2S. The van der Waals surface area contributed by atoms with Crippen molar-refractivity contribution in [2.45, 2.75) is 19.4 Å². The lowest BCUT2D eigenvalue weighted by atomic mass is 10.1. The Hall–Kier alpha value is -2.09. The average molecular weight is 299 g/mol. The Morgan fingerprint density at radius 2 is 2.24 bits per heavy atom. The van der Waals surface area contributed by atoms with Crippen molar-refractivity contribution in [2.75, 3.05) is 6.61 Å². The molecule has 1 aromatic carbocycles. The zero-order valence-electron chi connectivity index (χ0n) is 11.8. The lowest BCUT2D eigenvalue weighted by Gasteiger charge is -2.15. The maximum absolute atomic E-state index is 12.3. The first-order valence-electron chi connectivity index (χ1n) is 6.78. The molecule has 4 heteroatoms. The molecule has 2 rings (SSSR count). The van der Waals surface area contributed by atoms with Gasteiger partial charge in [-0.15, -0.1) is 11.3 Å². The van der Waals surface area contributed by atoms with Gasteiger partial charge in [0, 0.05) is 16.0 Å². The van der Waals surface area contributed by atoms with E-state index in [9.17, 15) is 4.79 Å². The minimum atomic E-state index is -0.188. The van der Waals surface area contributed by atoms with E-state index in [-0.39, 0.29) is 18.6 Å². The highest BCUT2D eigenvalue weighted by molar-refractivity contribution is 7.10. The van der Waals surface area contributed by atoms with Crippen LogP contribution in [0.3, 0.4) is 0 Å². The second-order valence-corrected chi connectivity index (χ2v) is 5.47. The fourth-order valence-electron chi connectivity index (χ4n) is 1.99. The molecule has 108 valence electrons. The number of carbonyl (C=O) groups is 1. The molecule has 0 aliphatic heterocycles. The lowest BCUT2D eigenvalue weighted by molar-refractivity contribution is 0.0936. The summed E-state index contributed by atoms with van der Waals surface area (Å²) in [5.41, 5.74) is 1.30. The third-order valence-corrected chi connectivity index (χ3v) is 4.02. The van der Waals surface area contributed by atoms with Crippen molar-refractivity contribution in [3.8, 4) is 11.8 Å². The largest absolute Gasteiger partial charge is 0.384 e. The van der Waals surface area contributed by atoms with Crippen LogP contribution in [0.25, 0.3) is 0 Å². The van der Waals surface area contributed by atoms with E-state index < -0.39 is 0 Å². The Labute approximate surface area is 128 Å². The van der Waals surface area contributed by atoms with Gasteiger partial charge < -0.3 is 10.4 Å². The minimum absolute atomic E-state index is 0.0321. The van der Waals surface area contributed by atoms with Gasteiger partial charge in [0.25, 0.3) is 5.91 Å². The van der Waals surface area contributed by atoms with Crippen LogP contribution < -0.4 is 5.32 Å². The first-order valence-corrected chi connectivity index (χ1v) is 7.66. The lowest BCUT2D eigenvalue weighted by Crippen LogP contribution is -2.27. The number of aliphatic hydroxyl groups is 1. The molecule has 0 saturated heterocycles. The van der Waals surface area contributed by atoms with Gasteiger partial charge in [-0.25, -0.2) is 0 Å². The smallest absolute Gasteiger partial charge is 0.251 e. The van der Waals surface area contributed by atoms with Crippen LogP contribution in [0.4, 0.5) is 0 Å². The molecule has 1 aromatic heterocycles. The van der Waals surface area contributed by atoms with Crippen molar-refractivity contribution in [2.24, 2.45) is 0 Å². The molecule has 3 nitrogen and oxygen atoms in total. The van der Waals surface area contributed by atoms with Gasteiger partial charge in [-0.3, -0.25) is 4.79 Å². The Kier molecular flexibility index (Phi) is 5.56. The van der Waals surface area contributed by atoms with E-state index in [4.69, 9.17) is 5.11 Å². The molecule has 2 aromatic rings. The number of hydrogen-bond acceptors (Lipinski definition) is 3. The van der Waals surface area contributed by atoms with Gasteiger partial charge in [0.05, 0.1) is 6.04 Å². The summed E-state index contributed by atoms with van der Waals surface area (Å²) in [5.74, 6) is 5.28. The van der Waals surface area contributed by atoms with E-state index in [2.05, 4.69) is 17.2 Å². The predicted octanol–water partition coefficient (Wildman–Crippen LogP) is 2.97. The van der Waals surface area contributed by atoms with Crippen molar-refractivity contribution < 1.29 is 9.90 Å². The van der Waals surface area contributed by atoms with E-state index in [1.54, 1.807) is 29.5 Å². The number of amides is 1. The van der Waals surface area contributed by atoms with Crippen LogP contribution >= 0.6 is 11.3 Å². The van der Waals surface area contributed by atoms with Gasteiger partial charge >= 0.3 is 0 Å². The Morgan fingerprint density at radius 1 is 1.38 bits per heavy atom.